The highest BCUT2D eigenvalue weighted by Crippen LogP contribution is 2.16. The fourth-order valence-corrected chi connectivity index (χ4v) is 2.95. The van der Waals surface area contributed by atoms with Gasteiger partial charge in [0.25, 0.3) is 0 Å². The topological polar surface area (TPSA) is 43.1 Å². The van der Waals surface area contributed by atoms with Gasteiger partial charge in [-0.25, -0.2) is 4.39 Å². The molecule has 0 aliphatic heterocycles. The molecular weight excluding hydrogens is 249 g/mol. The van der Waals surface area contributed by atoms with Crippen LogP contribution < -0.4 is 5.73 Å². The smallest absolute Gasteiger partial charge is 0.123 e. The monoisotopic (exact) mass is 263 g/mol. The zero-order chi connectivity index (χ0) is 13.0. The summed E-state index contributed by atoms with van der Waals surface area (Å²) >= 11 is 0. The van der Waals surface area contributed by atoms with Gasteiger partial charge in [-0.2, -0.15) is 0 Å². The average Bonchev–Trinajstić information content (AvgIpc) is 2.35. The van der Waals surface area contributed by atoms with Gasteiger partial charge in [0, 0.05) is 22.2 Å². The predicted octanol–water partition coefficient (Wildman–Crippen LogP) is 2.86. The first-order valence-electron chi connectivity index (χ1n) is 5.58. The highest BCUT2D eigenvalue weighted by atomic mass is 32.2. The van der Waals surface area contributed by atoms with Crippen molar-refractivity contribution in [1.29, 1.82) is 0 Å². The van der Waals surface area contributed by atoms with Crippen molar-refractivity contribution in [3.8, 4) is 0 Å². The van der Waals surface area contributed by atoms with E-state index in [4.69, 9.17) is 5.73 Å². The molecule has 2 aromatic rings. The van der Waals surface area contributed by atoms with Gasteiger partial charge in [-0.15, -0.1) is 0 Å². The number of nitrogen functional groups attached to an aromatic ring is 1. The lowest BCUT2D eigenvalue weighted by molar-refractivity contribution is 0.626. The van der Waals surface area contributed by atoms with Crippen LogP contribution in [0.2, 0.25) is 0 Å². The van der Waals surface area contributed by atoms with Crippen LogP contribution in [0.1, 0.15) is 11.1 Å². The van der Waals surface area contributed by atoms with Crippen molar-refractivity contribution in [3.63, 3.8) is 0 Å². The van der Waals surface area contributed by atoms with Crippen LogP contribution in [0.15, 0.2) is 48.5 Å². The van der Waals surface area contributed by atoms with Crippen molar-refractivity contribution < 1.29 is 8.60 Å². The third-order valence-corrected chi connectivity index (χ3v) is 3.88. The van der Waals surface area contributed by atoms with E-state index in [0.717, 1.165) is 5.56 Å². The summed E-state index contributed by atoms with van der Waals surface area (Å²) in [6, 6.07) is 13.7. The number of halogens is 1. The molecule has 2 aromatic carbocycles. The summed E-state index contributed by atoms with van der Waals surface area (Å²) in [6.07, 6.45) is 0. The Bertz CT molecular complexity index is 557. The minimum absolute atomic E-state index is 0.276. The van der Waals surface area contributed by atoms with Crippen LogP contribution in [0, 0.1) is 5.82 Å². The van der Waals surface area contributed by atoms with E-state index in [1.807, 2.05) is 30.3 Å². The summed E-state index contributed by atoms with van der Waals surface area (Å²) in [5.74, 6) is 0.380. The molecule has 0 aliphatic carbocycles. The quantitative estimate of drug-likeness (QED) is 0.862. The van der Waals surface area contributed by atoms with Gasteiger partial charge < -0.3 is 5.73 Å². The third kappa shape index (κ3) is 3.40. The van der Waals surface area contributed by atoms with Gasteiger partial charge in [0.15, 0.2) is 0 Å². The van der Waals surface area contributed by atoms with Crippen molar-refractivity contribution in [2.45, 2.75) is 11.5 Å². The Morgan fingerprint density at radius 1 is 1.06 bits per heavy atom. The summed E-state index contributed by atoms with van der Waals surface area (Å²) in [5, 5.41) is 0. The highest BCUT2D eigenvalue weighted by molar-refractivity contribution is 7.83. The van der Waals surface area contributed by atoms with Crippen LogP contribution in [0.4, 0.5) is 10.1 Å². The molecule has 0 aromatic heterocycles. The molecule has 0 fully saturated rings. The maximum absolute atomic E-state index is 13.1. The molecule has 18 heavy (non-hydrogen) atoms. The molecular formula is C14H14FNOS. The van der Waals surface area contributed by atoms with Gasteiger partial charge in [-0.1, -0.05) is 30.3 Å². The second-order valence-electron chi connectivity index (χ2n) is 4.06. The first-order valence-corrected chi connectivity index (χ1v) is 7.07. The van der Waals surface area contributed by atoms with Crippen molar-refractivity contribution >= 4 is 16.5 Å². The lowest BCUT2D eigenvalue weighted by atomic mass is 10.2. The zero-order valence-electron chi connectivity index (χ0n) is 9.80. The summed E-state index contributed by atoms with van der Waals surface area (Å²) in [7, 11) is -1.09. The molecule has 94 valence electrons. The molecule has 0 radical (unpaired) electrons. The molecule has 0 spiro atoms. The molecule has 2 N–H and O–H groups in total. The van der Waals surface area contributed by atoms with E-state index in [1.54, 1.807) is 0 Å². The van der Waals surface area contributed by atoms with Gasteiger partial charge in [-0.3, -0.25) is 4.21 Å². The van der Waals surface area contributed by atoms with E-state index >= 15 is 0 Å². The number of hydrogen-bond donors (Lipinski definition) is 1. The van der Waals surface area contributed by atoms with Gasteiger partial charge in [-0.05, 0) is 29.3 Å². The Morgan fingerprint density at radius 3 is 2.50 bits per heavy atom. The second-order valence-corrected chi connectivity index (χ2v) is 5.51. The van der Waals surface area contributed by atoms with E-state index in [2.05, 4.69) is 0 Å². The van der Waals surface area contributed by atoms with Crippen LogP contribution in [0.25, 0.3) is 0 Å². The summed E-state index contributed by atoms with van der Waals surface area (Å²) in [4.78, 5) is 0. The maximum atomic E-state index is 13.1. The maximum Gasteiger partial charge on any atom is 0.123 e. The van der Waals surface area contributed by atoms with Crippen LogP contribution in [0.3, 0.4) is 0 Å². The van der Waals surface area contributed by atoms with Gasteiger partial charge in [0.1, 0.15) is 5.82 Å². The van der Waals surface area contributed by atoms with Crippen LogP contribution in [-0.2, 0) is 22.3 Å². The molecule has 0 amide bonds. The van der Waals surface area contributed by atoms with Gasteiger partial charge >= 0.3 is 0 Å². The Morgan fingerprint density at radius 2 is 1.78 bits per heavy atom. The molecule has 0 saturated carbocycles. The molecule has 2 nitrogen and oxygen atoms in total. The molecule has 0 bridgehead atoms. The Balaban J connectivity index is 2.05. The van der Waals surface area contributed by atoms with Gasteiger partial charge in [0.05, 0.1) is 5.75 Å². The largest absolute Gasteiger partial charge is 0.398 e. The van der Waals surface area contributed by atoms with E-state index in [1.165, 1.54) is 18.2 Å². The molecule has 0 aliphatic rings. The molecule has 2 rings (SSSR count). The van der Waals surface area contributed by atoms with Crippen LogP contribution in [-0.4, -0.2) is 4.21 Å². The summed E-state index contributed by atoms with van der Waals surface area (Å²) in [5.41, 5.74) is 7.82. The predicted molar refractivity (Wildman–Crippen MR) is 72.8 cm³/mol. The number of nitrogens with two attached hydrogens (primary N) is 1. The van der Waals surface area contributed by atoms with E-state index in [9.17, 15) is 8.60 Å². The Kier molecular flexibility index (Phi) is 4.10. The average molecular weight is 263 g/mol. The Hall–Kier alpha value is -1.68. The van der Waals surface area contributed by atoms with Crippen molar-refractivity contribution in [2.24, 2.45) is 0 Å². The minimum atomic E-state index is -1.09. The van der Waals surface area contributed by atoms with Crippen molar-refractivity contribution in [1.82, 2.24) is 0 Å². The lowest BCUT2D eigenvalue weighted by Crippen LogP contribution is -2.03. The fourth-order valence-electron chi connectivity index (χ4n) is 1.68. The summed E-state index contributed by atoms with van der Waals surface area (Å²) in [6.45, 7) is 0. The van der Waals surface area contributed by atoms with Crippen LogP contribution >= 0.6 is 0 Å². The molecule has 4 heteroatoms. The minimum Gasteiger partial charge on any atom is -0.398 e. The first kappa shape index (κ1) is 12.8. The van der Waals surface area contributed by atoms with Crippen molar-refractivity contribution in [3.05, 3.63) is 65.5 Å². The number of benzene rings is 2. The SMILES string of the molecule is Nc1ccc(F)cc1CS(=O)Cc1ccccc1. The molecule has 1 atom stereocenters. The molecule has 1 unspecified atom stereocenters. The summed E-state index contributed by atoms with van der Waals surface area (Å²) < 4.78 is 25.0. The van der Waals surface area contributed by atoms with E-state index in [0.29, 0.717) is 17.0 Å². The fraction of sp³-hybridized carbons (Fsp3) is 0.143. The number of hydrogen-bond acceptors (Lipinski definition) is 2. The zero-order valence-corrected chi connectivity index (χ0v) is 10.6. The number of rotatable bonds is 4. The lowest BCUT2D eigenvalue weighted by Gasteiger charge is -2.06. The first-order chi connectivity index (χ1) is 8.65. The standard InChI is InChI=1S/C14H14FNOS/c15-13-6-7-14(16)12(8-13)10-18(17)9-11-4-2-1-3-5-11/h1-8H,9-10,16H2. The molecule has 0 heterocycles. The van der Waals surface area contributed by atoms with Gasteiger partial charge in [0.2, 0.25) is 0 Å². The van der Waals surface area contributed by atoms with Crippen LogP contribution in [0.5, 0.6) is 0 Å². The molecule has 0 saturated heterocycles. The normalized spacial score (nSPS) is 12.3. The Labute approximate surface area is 108 Å². The van der Waals surface area contributed by atoms with E-state index in [-0.39, 0.29) is 11.6 Å². The van der Waals surface area contributed by atoms with E-state index < -0.39 is 10.8 Å². The third-order valence-electron chi connectivity index (χ3n) is 2.59. The highest BCUT2D eigenvalue weighted by Gasteiger charge is 2.07. The second kappa shape index (κ2) is 5.78. The van der Waals surface area contributed by atoms with Crippen molar-refractivity contribution in [2.75, 3.05) is 5.73 Å². The number of anilines is 1.